The number of aliphatic hydroxyl groups is 1. The summed E-state index contributed by atoms with van der Waals surface area (Å²) in [6.45, 7) is 0. The lowest BCUT2D eigenvalue weighted by Crippen LogP contribution is -2.15. The van der Waals surface area contributed by atoms with E-state index in [1.807, 2.05) is 0 Å². The second-order valence-electron chi connectivity index (χ2n) is 4.13. The van der Waals surface area contributed by atoms with Crippen LogP contribution in [0.25, 0.3) is 0 Å². The maximum absolute atomic E-state index is 13.0. The molecule has 0 bridgehead atoms. The summed E-state index contributed by atoms with van der Waals surface area (Å²) in [6, 6.07) is 2.16. The van der Waals surface area contributed by atoms with Crippen LogP contribution in [0.3, 0.4) is 0 Å². The summed E-state index contributed by atoms with van der Waals surface area (Å²) in [6.07, 6.45) is -4.98. The van der Waals surface area contributed by atoms with Crippen molar-refractivity contribution in [1.29, 1.82) is 0 Å². The van der Waals surface area contributed by atoms with Crippen LogP contribution in [-0.2, 0) is 13.2 Å². The standard InChI is InChI=1S/C12H9BrF4N2O/c1-19-10(9(13)5-18-19)11(20)7-3-2-6(14)4-8(7)12(15,16)17/h2-5,11,20H,1H3. The average molecular weight is 353 g/mol. The van der Waals surface area contributed by atoms with E-state index in [0.717, 1.165) is 12.1 Å². The van der Waals surface area contributed by atoms with Crippen molar-refractivity contribution in [3.05, 3.63) is 51.5 Å². The molecule has 20 heavy (non-hydrogen) atoms. The zero-order chi connectivity index (χ0) is 15.1. The van der Waals surface area contributed by atoms with Crippen molar-refractivity contribution in [3.8, 4) is 0 Å². The number of nitrogens with zero attached hydrogens (tertiary/aromatic N) is 2. The lowest BCUT2D eigenvalue weighted by Gasteiger charge is -2.18. The summed E-state index contributed by atoms with van der Waals surface area (Å²) < 4.78 is 53.4. The van der Waals surface area contributed by atoms with E-state index in [4.69, 9.17) is 0 Å². The first-order valence-corrected chi connectivity index (χ1v) is 6.23. The Hall–Kier alpha value is -1.41. The summed E-state index contributed by atoms with van der Waals surface area (Å²) in [7, 11) is 1.49. The van der Waals surface area contributed by atoms with E-state index in [1.165, 1.54) is 17.9 Å². The fourth-order valence-electron chi connectivity index (χ4n) is 1.89. The molecule has 0 aliphatic carbocycles. The first-order chi connectivity index (χ1) is 9.21. The molecule has 3 nitrogen and oxygen atoms in total. The van der Waals surface area contributed by atoms with Gasteiger partial charge in [0.05, 0.1) is 21.9 Å². The Labute approximate surface area is 120 Å². The van der Waals surface area contributed by atoms with Crippen LogP contribution < -0.4 is 0 Å². The Bertz CT molecular complexity index is 619. The number of rotatable bonds is 2. The Morgan fingerprint density at radius 1 is 1.35 bits per heavy atom. The number of alkyl halides is 3. The molecule has 0 saturated carbocycles. The van der Waals surface area contributed by atoms with Gasteiger partial charge < -0.3 is 5.11 Å². The molecule has 0 radical (unpaired) electrons. The lowest BCUT2D eigenvalue weighted by atomic mass is 9.99. The van der Waals surface area contributed by atoms with Crippen molar-refractivity contribution < 1.29 is 22.7 Å². The summed E-state index contributed by atoms with van der Waals surface area (Å²) in [5, 5.41) is 14.0. The minimum atomic E-state index is -4.76. The fourth-order valence-corrected chi connectivity index (χ4v) is 2.45. The molecule has 2 aromatic rings. The molecule has 8 heteroatoms. The Balaban J connectivity index is 2.58. The highest BCUT2D eigenvalue weighted by molar-refractivity contribution is 9.10. The summed E-state index contributed by atoms with van der Waals surface area (Å²) in [5.41, 5.74) is -1.48. The molecular formula is C12H9BrF4N2O. The van der Waals surface area contributed by atoms with Gasteiger partial charge in [-0.3, -0.25) is 4.68 Å². The number of benzene rings is 1. The Morgan fingerprint density at radius 2 is 2.00 bits per heavy atom. The highest BCUT2D eigenvalue weighted by atomic mass is 79.9. The number of hydrogen-bond acceptors (Lipinski definition) is 2. The van der Waals surface area contributed by atoms with Gasteiger partial charge in [-0.1, -0.05) is 6.07 Å². The maximum atomic E-state index is 13.0. The maximum Gasteiger partial charge on any atom is 0.416 e. The monoisotopic (exact) mass is 352 g/mol. The van der Waals surface area contributed by atoms with E-state index in [9.17, 15) is 22.7 Å². The van der Waals surface area contributed by atoms with Crippen molar-refractivity contribution in [1.82, 2.24) is 9.78 Å². The predicted molar refractivity (Wildman–Crippen MR) is 66.4 cm³/mol. The number of hydrogen-bond donors (Lipinski definition) is 1. The van der Waals surface area contributed by atoms with E-state index >= 15 is 0 Å². The molecule has 2 rings (SSSR count). The van der Waals surface area contributed by atoms with Crippen LogP contribution in [-0.4, -0.2) is 14.9 Å². The smallest absolute Gasteiger partial charge is 0.382 e. The van der Waals surface area contributed by atoms with Crippen LogP contribution >= 0.6 is 15.9 Å². The van der Waals surface area contributed by atoms with Crippen molar-refractivity contribution in [2.75, 3.05) is 0 Å². The summed E-state index contributed by atoms with van der Waals surface area (Å²) >= 11 is 3.11. The Kier molecular flexibility index (Phi) is 3.88. The van der Waals surface area contributed by atoms with Gasteiger partial charge in [-0.2, -0.15) is 18.3 Å². The molecule has 1 atom stereocenters. The second-order valence-corrected chi connectivity index (χ2v) is 4.99. The molecule has 0 amide bonds. The lowest BCUT2D eigenvalue weighted by molar-refractivity contribution is -0.139. The molecule has 108 valence electrons. The second kappa shape index (κ2) is 5.17. The molecule has 1 heterocycles. The quantitative estimate of drug-likeness (QED) is 0.841. The number of aliphatic hydroxyl groups excluding tert-OH is 1. The summed E-state index contributed by atoms with van der Waals surface area (Å²) in [4.78, 5) is 0. The van der Waals surface area contributed by atoms with Gasteiger partial charge in [-0.05, 0) is 33.6 Å². The first kappa shape index (κ1) is 15.0. The van der Waals surface area contributed by atoms with Crippen LogP contribution in [0.2, 0.25) is 0 Å². The predicted octanol–water partition coefficient (Wildman–Crippen LogP) is 3.42. The zero-order valence-corrected chi connectivity index (χ0v) is 11.7. The first-order valence-electron chi connectivity index (χ1n) is 5.44. The average Bonchev–Trinajstić information content (AvgIpc) is 2.67. The molecule has 0 spiro atoms. The van der Waals surface area contributed by atoms with Crippen molar-refractivity contribution >= 4 is 15.9 Å². The van der Waals surface area contributed by atoms with Crippen molar-refractivity contribution in [2.45, 2.75) is 12.3 Å². The van der Waals surface area contributed by atoms with Crippen LogP contribution in [0.5, 0.6) is 0 Å². The number of aromatic nitrogens is 2. The van der Waals surface area contributed by atoms with Crippen molar-refractivity contribution in [2.24, 2.45) is 7.05 Å². The molecule has 0 aliphatic heterocycles. The summed E-state index contributed by atoms with van der Waals surface area (Å²) in [5.74, 6) is -1.02. The third kappa shape index (κ3) is 2.71. The molecule has 1 aromatic carbocycles. The fraction of sp³-hybridized carbons (Fsp3) is 0.250. The van der Waals surface area contributed by atoms with E-state index in [1.54, 1.807) is 0 Å². The van der Waals surface area contributed by atoms with Gasteiger partial charge in [-0.25, -0.2) is 4.39 Å². The normalized spacial score (nSPS) is 13.6. The topological polar surface area (TPSA) is 38.0 Å². The van der Waals surface area contributed by atoms with Gasteiger partial charge in [0.1, 0.15) is 11.9 Å². The molecule has 1 aromatic heterocycles. The molecule has 1 unspecified atom stereocenters. The van der Waals surface area contributed by atoms with Gasteiger partial charge in [0, 0.05) is 7.05 Å². The molecule has 0 fully saturated rings. The number of aryl methyl sites for hydroxylation is 1. The van der Waals surface area contributed by atoms with Crippen molar-refractivity contribution in [3.63, 3.8) is 0 Å². The van der Waals surface area contributed by atoms with Crippen LogP contribution in [0, 0.1) is 5.82 Å². The zero-order valence-electron chi connectivity index (χ0n) is 10.1. The minimum Gasteiger partial charge on any atom is -0.382 e. The molecular weight excluding hydrogens is 344 g/mol. The van der Waals surface area contributed by atoms with E-state index in [0.29, 0.717) is 10.5 Å². The van der Waals surface area contributed by atoms with Crippen LogP contribution in [0.15, 0.2) is 28.9 Å². The van der Waals surface area contributed by atoms with Gasteiger partial charge >= 0.3 is 6.18 Å². The minimum absolute atomic E-state index is 0.155. The molecule has 0 aliphatic rings. The molecule has 0 saturated heterocycles. The third-order valence-corrected chi connectivity index (χ3v) is 3.42. The third-order valence-electron chi connectivity index (χ3n) is 2.81. The molecule has 1 N–H and O–H groups in total. The highest BCUT2D eigenvalue weighted by Gasteiger charge is 2.36. The number of halogens is 5. The van der Waals surface area contributed by atoms with Gasteiger partial charge in [-0.15, -0.1) is 0 Å². The van der Waals surface area contributed by atoms with Crippen LogP contribution in [0.1, 0.15) is 22.9 Å². The Morgan fingerprint density at radius 3 is 2.50 bits per heavy atom. The largest absolute Gasteiger partial charge is 0.416 e. The van der Waals surface area contributed by atoms with Gasteiger partial charge in [0.2, 0.25) is 0 Å². The van der Waals surface area contributed by atoms with Gasteiger partial charge in [0.25, 0.3) is 0 Å². The highest BCUT2D eigenvalue weighted by Crippen LogP contribution is 2.38. The van der Waals surface area contributed by atoms with E-state index in [2.05, 4.69) is 21.0 Å². The van der Waals surface area contributed by atoms with E-state index in [-0.39, 0.29) is 5.69 Å². The van der Waals surface area contributed by atoms with Crippen LogP contribution in [0.4, 0.5) is 17.6 Å². The SMILES string of the molecule is Cn1ncc(Br)c1C(O)c1ccc(F)cc1C(F)(F)F. The van der Waals surface area contributed by atoms with Gasteiger partial charge in [0.15, 0.2) is 0 Å². The van der Waals surface area contributed by atoms with E-state index < -0.39 is 29.2 Å².